The summed E-state index contributed by atoms with van der Waals surface area (Å²) < 4.78 is 5.19. The molecule has 3 nitrogen and oxygen atoms in total. The number of nitrogens with one attached hydrogen (secondary N) is 1. The Kier molecular flexibility index (Phi) is 3.31. The number of ether oxygens (including phenoxy) is 1. The molecule has 3 heteroatoms. The second-order valence-corrected chi connectivity index (χ2v) is 6.21. The van der Waals surface area contributed by atoms with Crippen LogP contribution in [0.2, 0.25) is 0 Å². The van der Waals surface area contributed by atoms with Crippen molar-refractivity contribution in [3.63, 3.8) is 0 Å². The van der Waals surface area contributed by atoms with Gasteiger partial charge in [0.25, 0.3) is 0 Å². The molecule has 1 N–H and O–H groups in total. The Bertz CT molecular complexity index is 492. The van der Waals surface area contributed by atoms with Crippen molar-refractivity contribution in [1.82, 2.24) is 5.32 Å². The van der Waals surface area contributed by atoms with Crippen molar-refractivity contribution in [3.8, 4) is 0 Å². The van der Waals surface area contributed by atoms with Crippen molar-refractivity contribution in [2.75, 3.05) is 19.8 Å². The molecule has 1 amide bonds. The summed E-state index contributed by atoms with van der Waals surface area (Å²) in [4.78, 5) is 11.9. The highest BCUT2D eigenvalue weighted by atomic mass is 16.5. The monoisotopic (exact) mass is 259 g/mol. The van der Waals surface area contributed by atoms with Gasteiger partial charge in [-0.1, -0.05) is 25.1 Å². The highest BCUT2D eigenvalue weighted by Gasteiger charge is 2.33. The van der Waals surface area contributed by atoms with Gasteiger partial charge in [-0.25, -0.2) is 0 Å². The van der Waals surface area contributed by atoms with Crippen LogP contribution in [0.3, 0.4) is 0 Å². The number of hydrogen-bond donors (Lipinski definition) is 1. The SMILES string of the molecule is CC1(CNC(=O)Cc2ccc3c(c2)CCC3)COC1. The van der Waals surface area contributed by atoms with E-state index in [9.17, 15) is 4.79 Å². The number of benzene rings is 1. The lowest BCUT2D eigenvalue weighted by atomic mass is 9.88. The predicted molar refractivity (Wildman–Crippen MR) is 74.1 cm³/mol. The lowest BCUT2D eigenvalue weighted by Gasteiger charge is -2.38. The Morgan fingerprint density at radius 2 is 2.11 bits per heavy atom. The fraction of sp³-hybridized carbons (Fsp3) is 0.562. The normalized spacial score (nSPS) is 19.6. The molecule has 1 aromatic rings. The molecule has 1 saturated heterocycles. The molecule has 0 radical (unpaired) electrons. The van der Waals surface area contributed by atoms with Crippen molar-refractivity contribution < 1.29 is 9.53 Å². The maximum absolute atomic E-state index is 11.9. The molecule has 0 aromatic heterocycles. The van der Waals surface area contributed by atoms with Gasteiger partial charge in [-0.3, -0.25) is 4.79 Å². The summed E-state index contributed by atoms with van der Waals surface area (Å²) in [7, 11) is 0. The Balaban J connectivity index is 1.54. The second-order valence-electron chi connectivity index (χ2n) is 6.21. The topological polar surface area (TPSA) is 38.3 Å². The van der Waals surface area contributed by atoms with Gasteiger partial charge in [0.05, 0.1) is 19.6 Å². The molecule has 0 atom stereocenters. The van der Waals surface area contributed by atoms with Gasteiger partial charge in [-0.05, 0) is 36.0 Å². The predicted octanol–water partition coefficient (Wildman–Crippen LogP) is 1.87. The largest absolute Gasteiger partial charge is 0.380 e. The fourth-order valence-corrected chi connectivity index (χ4v) is 2.85. The molecular formula is C16H21NO2. The first-order valence-electron chi connectivity index (χ1n) is 7.10. The zero-order valence-corrected chi connectivity index (χ0v) is 11.5. The van der Waals surface area contributed by atoms with Crippen LogP contribution in [0.15, 0.2) is 18.2 Å². The van der Waals surface area contributed by atoms with Gasteiger partial charge in [0, 0.05) is 12.0 Å². The van der Waals surface area contributed by atoms with E-state index >= 15 is 0 Å². The molecule has 2 aliphatic rings. The maximum Gasteiger partial charge on any atom is 0.224 e. The van der Waals surface area contributed by atoms with Gasteiger partial charge in [0.15, 0.2) is 0 Å². The van der Waals surface area contributed by atoms with Crippen LogP contribution < -0.4 is 5.32 Å². The summed E-state index contributed by atoms with van der Waals surface area (Å²) >= 11 is 0. The summed E-state index contributed by atoms with van der Waals surface area (Å²) in [6.45, 7) is 4.38. The van der Waals surface area contributed by atoms with Crippen molar-refractivity contribution in [1.29, 1.82) is 0 Å². The molecule has 1 heterocycles. The first kappa shape index (κ1) is 12.7. The van der Waals surface area contributed by atoms with Crippen LogP contribution in [0.4, 0.5) is 0 Å². The molecular weight excluding hydrogens is 238 g/mol. The van der Waals surface area contributed by atoms with E-state index in [1.165, 1.54) is 30.4 Å². The number of rotatable bonds is 4. The minimum absolute atomic E-state index is 0.117. The zero-order valence-electron chi connectivity index (χ0n) is 11.5. The van der Waals surface area contributed by atoms with Crippen LogP contribution >= 0.6 is 0 Å². The number of amides is 1. The molecule has 1 aromatic carbocycles. The van der Waals surface area contributed by atoms with E-state index in [-0.39, 0.29) is 11.3 Å². The van der Waals surface area contributed by atoms with E-state index in [0.717, 1.165) is 25.3 Å². The number of carbonyl (C=O) groups is 1. The van der Waals surface area contributed by atoms with Crippen molar-refractivity contribution >= 4 is 5.91 Å². The quantitative estimate of drug-likeness (QED) is 0.896. The van der Waals surface area contributed by atoms with Gasteiger partial charge in [-0.2, -0.15) is 0 Å². The minimum atomic E-state index is 0.117. The molecule has 1 fully saturated rings. The summed E-state index contributed by atoms with van der Waals surface area (Å²) in [5.41, 5.74) is 4.18. The summed E-state index contributed by atoms with van der Waals surface area (Å²) in [5, 5.41) is 3.02. The number of carbonyl (C=O) groups excluding carboxylic acids is 1. The summed E-state index contributed by atoms with van der Waals surface area (Å²) in [6, 6.07) is 6.49. The Labute approximate surface area is 114 Å². The molecule has 19 heavy (non-hydrogen) atoms. The standard InChI is InChI=1S/C16H21NO2/c1-16(10-19-11-16)9-17-15(18)8-12-5-6-13-3-2-4-14(13)7-12/h5-7H,2-4,8-11H2,1H3,(H,17,18). The highest BCUT2D eigenvalue weighted by molar-refractivity contribution is 5.78. The molecule has 0 bridgehead atoms. The fourth-order valence-electron chi connectivity index (χ4n) is 2.85. The van der Waals surface area contributed by atoms with Crippen LogP contribution in [-0.2, 0) is 28.8 Å². The lowest BCUT2D eigenvalue weighted by Crippen LogP contribution is -2.48. The van der Waals surface area contributed by atoms with Gasteiger partial charge in [0.2, 0.25) is 5.91 Å². The molecule has 1 aliphatic heterocycles. The van der Waals surface area contributed by atoms with E-state index in [4.69, 9.17) is 4.74 Å². The minimum Gasteiger partial charge on any atom is -0.380 e. The third kappa shape index (κ3) is 2.81. The smallest absolute Gasteiger partial charge is 0.224 e. The highest BCUT2D eigenvalue weighted by Crippen LogP contribution is 2.25. The second kappa shape index (κ2) is 4.97. The van der Waals surface area contributed by atoms with E-state index in [1.807, 2.05) is 0 Å². The van der Waals surface area contributed by atoms with E-state index in [2.05, 4.69) is 30.4 Å². The Hall–Kier alpha value is -1.35. The molecule has 0 saturated carbocycles. The lowest BCUT2D eigenvalue weighted by molar-refractivity contribution is -0.126. The van der Waals surface area contributed by atoms with Crippen LogP contribution in [0.25, 0.3) is 0 Å². The van der Waals surface area contributed by atoms with Crippen LogP contribution in [-0.4, -0.2) is 25.7 Å². The van der Waals surface area contributed by atoms with Crippen LogP contribution in [0.1, 0.15) is 30.0 Å². The first-order chi connectivity index (χ1) is 9.15. The van der Waals surface area contributed by atoms with Gasteiger partial charge in [-0.15, -0.1) is 0 Å². The van der Waals surface area contributed by atoms with Gasteiger partial charge >= 0.3 is 0 Å². The van der Waals surface area contributed by atoms with Crippen molar-refractivity contribution in [2.24, 2.45) is 5.41 Å². The van der Waals surface area contributed by atoms with Crippen molar-refractivity contribution in [2.45, 2.75) is 32.6 Å². The molecule has 102 valence electrons. The summed E-state index contributed by atoms with van der Waals surface area (Å²) in [5.74, 6) is 0.117. The maximum atomic E-state index is 11.9. The summed E-state index contributed by atoms with van der Waals surface area (Å²) in [6.07, 6.45) is 4.11. The molecule has 0 unspecified atom stereocenters. The van der Waals surface area contributed by atoms with Crippen LogP contribution in [0.5, 0.6) is 0 Å². The van der Waals surface area contributed by atoms with Gasteiger partial charge in [0.1, 0.15) is 0 Å². The Morgan fingerprint density at radius 3 is 2.84 bits per heavy atom. The van der Waals surface area contributed by atoms with E-state index in [1.54, 1.807) is 0 Å². The molecule has 0 spiro atoms. The number of hydrogen-bond acceptors (Lipinski definition) is 2. The average Bonchev–Trinajstić information content (AvgIpc) is 2.81. The third-order valence-corrected chi connectivity index (χ3v) is 4.14. The van der Waals surface area contributed by atoms with Crippen LogP contribution in [0, 0.1) is 5.41 Å². The molecule has 3 rings (SSSR count). The van der Waals surface area contributed by atoms with Gasteiger partial charge < -0.3 is 10.1 Å². The average molecular weight is 259 g/mol. The zero-order chi connectivity index (χ0) is 13.3. The van der Waals surface area contributed by atoms with E-state index in [0.29, 0.717) is 6.42 Å². The third-order valence-electron chi connectivity index (χ3n) is 4.14. The number of aryl methyl sites for hydroxylation is 2. The Morgan fingerprint density at radius 1 is 1.32 bits per heavy atom. The van der Waals surface area contributed by atoms with E-state index < -0.39 is 0 Å². The molecule has 1 aliphatic carbocycles. The van der Waals surface area contributed by atoms with Crippen molar-refractivity contribution in [3.05, 3.63) is 34.9 Å². The first-order valence-corrected chi connectivity index (χ1v) is 7.10. The number of fused-ring (bicyclic) bond motifs is 1.